The van der Waals surface area contributed by atoms with Gasteiger partial charge in [0, 0.05) is 26.6 Å². The molecule has 0 spiro atoms. The lowest BCUT2D eigenvalue weighted by Gasteiger charge is -2.21. The van der Waals surface area contributed by atoms with E-state index in [4.69, 9.17) is 17.0 Å². The molecule has 2 aromatic carbocycles. The van der Waals surface area contributed by atoms with Crippen LogP contribution in [-0.2, 0) is 11.2 Å². The van der Waals surface area contributed by atoms with Crippen molar-refractivity contribution in [2.24, 2.45) is 0 Å². The SMILES string of the molecule is COc1cc2c(cc1NC(=S)N(C)O)CCCC(=O)N2C.Fc1ccccc1. The van der Waals surface area contributed by atoms with Crippen molar-refractivity contribution in [3.63, 3.8) is 0 Å². The molecule has 2 aromatic rings. The Morgan fingerprint density at radius 3 is 2.50 bits per heavy atom. The highest BCUT2D eigenvalue weighted by atomic mass is 32.1. The van der Waals surface area contributed by atoms with Crippen LogP contribution < -0.4 is 15.0 Å². The zero-order chi connectivity index (χ0) is 20.7. The molecule has 1 aliphatic rings. The molecule has 0 aromatic heterocycles. The van der Waals surface area contributed by atoms with Crippen molar-refractivity contribution in [3.05, 3.63) is 53.8 Å². The molecule has 8 heteroatoms. The maximum absolute atomic E-state index is 11.9. The number of carbonyl (C=O) groups is 1. The van der Waals surface area contributed by atoms with Gasteiger partial charge in [-0.05, 0) is 48.8 Å². The second-order valence-electron chi connectivity index (χ2n) is 6.24. The zero-order valence-electron chi connectivity index (χ0n) is 16.1. The Hall–Kier alpha value is -2.71. The van der Waals surface area contributed by atoms with E-state index in [1.165, 1.54) is 19.2 Å². The molecule has 0 saturated carbocycles. The second kappa shape index (κ2) is 10.0. The smallest absolute Gasteiger partial charge is 0.226 e. The maximum Gasteiger partial charge on any atom is 0.226 e. The van der Waals surface area contributed by atoms with Crippen molar-refractivity contribution in [1.82, 2.24) is 5.06 Å². The van der Waals surface area contributed by atoms with E-state index in [9.17, 15) is 14.4 Å². The van der Waals surface area contributed by atoms with Crippen LogP contribution in [0.4, 0.5) is 15.8 Å². The lowest BCUT2D eigenvalue weighted by atomic mass is 10.1. The second-order valence-corrected chi connectivity index (χ2v) is 6.62. The van der Waals surface area contributed by atoms with Gasteiger partial charge in [-0.3, -0.25) is 10.0 Å². The quantitative estimate of drug-likeness (QED) is 0.585. The molecule has 1 amide bonds. The van der Waals surface area contributed by atoms with E-state index >= 15 is 0 Å². The first-order valence-corrected chi connectivity index (χ1v) is 9.16. The lowest BCUT2D eigenvalue weighted by Crippen LogP contribution is -2.28. The standard InChI is InChI=1S/C14H19N3O3S.C6H5F/c1-16-11-8-12(20-3)10(15-14(21)17(2)19)7-9(11)5-4-6-13(16)18;7-6-4-2-1-3-5-6/h7-8,19H,4-6H2,1-3H3,(H,15,21);1-5H. The summed E-state index contributed by atoms with van der Waals surface area (Å²) < 4.78 is 17.3. The average molecular weight is 405 g/mol. The number of anilines is 2. The Bertz CT molecular complexity index is 831. The van der Waals surface area contributed by atoms with Crippen LogP contribution in [0.3, 0.4) is 0 Å². The third kappa shape index (κ3) is 5.64. The Balaban J connectivity index is 0.000000336. The number of ether oxygens (including phenoxy) is 1. The largest absolute Gasteiger partial charge is 0.494 e. The Kier molecular flexibility index (Phi) is 7.71. The van der Waals surface area contributed by atoms with Crippen molar-refractivity contribution in [2.75, 3.05) is 31.4 Å². The van der Waals surface area contributed by atoms with Crippen LogP contribution in [0.15, 0.2) is 42.5 Å². The average Bonchev–Trinajstić information content (AvgIpc) is 2.81. The van der Waals surface area contributed by atoms with Crippen molar-refractivity contribution >= 4 is 34.6 Å². The van der Waals surface area contributed by atoms with Gasteiger partial charge >= 0.3 is 0 Å². The van der Waals surface area contributed by atoms with E-state index in [-0.39, 0.29) is 16.8 Å². The highest BCUT2D eigenvalue weighted by molar-refractivity contribution is 7.80. The fourth-order valence-corrected chi connectivity index (χ4v) is 2.85. The molecular weight excluding hydrogens is 381 g/mol. The Morgan fingerprint density at radius 2 is 1.96 bits per heavy atom. The molecule has 6 nitrogen and oxygen atoms in total. The molecule has 0 saturated heterocycles. The highest BCUT2D eigenvalue weighted by Crippen LogP contribution is 2.36. The van der Waals surface area contributed by atoms with E-state index in [0.717, 1.165) is 29.2 Å². The number of hydroxylamine groups is 2. The number of methoxy groups -OCH3 is 1. The summed E-state index contributed by atoms with van der Waals surface area (Å²) in [5.41, 5.74) is 2.57. The van der Waals surface area contributed by atoms with E-state index in [1.807, 2.05) is 12.1 Å². The number of halogens is 1. The normalized spacial score (nSPS) is 12.9. The first-order chi connectivity index (χ1) is 13.3. The number of hydrogen-bond acceptors (Lipinski definition) is 4. The number of fused-ring (bicyclic) bond motifs is 1. The van der Waals surface area contributed by atoms with Crippen LogP contribution in [0.5, 0.6) is 5.75 Å². The third-order valence-corrected chi connectivity index (χ3v) is 4.61. The van der Waals surface area contributed by atoms with Gasteiger partial charge in [-0.25, -0.2) is 9.45 Å². The van der Waals surface area contributed by atoms with E-state index in [1.54, 1.807) is 37.3 Å². The molecule has 2 N–H and O–H groups in total. The molecule has 28 heavy (non-hydrogen) atoms. The predicted molar refractivity (Wildman–Crippen MR) is 112 cm³/mol. The molecule has 0 aliphatic carbocycles. The summed E-state index contributed by atoms with van der Waals surface area (Å²) in [4.78, 5) is 13.6. The van der Waals surface area contributed by atoms with Gasteiger partial charge in [-0.15, -0.1) is 0 Å². The first kappa shape index (κ1) is 21.6. The summed E-state index contributed by atoms with van der Waals surface area (Å²) in [5.74, 6) is 0.490. The minimum Gasteiger partial charge on any atom is -0.494 e. The van der Waals surface area contributed by atoms with Crippen LogP contribution in [0, 0.1) is 5.82 Å². The van der Waals surface area contributed by atoms with E-state index in [0.29, 0.717) is 17.9 Å². The summed E-state index contributed by atoms with van der Waals surface area (Å²) in [5, 5.41) is 13.3. The molecule has 150 valence electrons. The number of nitrogens with zero attached hydrogens (tertiary/aromatic N) is 2. The number of benzene rings is 2. The van der Waals surface area contributed by atoms with Gasteiger partial charge in [-0.1, -0.05) is 18.2 Å². The molecule has 3 rings (SSSR count). The Labute approximate surface area is 169 Å². The van der Waals surface area contributed by atoms with Crippen molar-refractivity contribution < 1.29 is 19.1 Å². The molecular formula is C20H24FN3O3S. The fourth-order valence-electron chi connectivity index (χ4n) is 2.74. The minimum absolute atomic E-state index is 0.0992. The summed E-state index contributed by atoms with van der Waals surface area (Å²) in [6.45, 7) is 0. The molecule has 0 atom stereocenters. The molecule has 1 heterocycles. The van der Waals surface area contributed by atoms with Gasteiger partial charge < -0.3 is 15.0 Å². The molecule has 0 unspecified atom stereocenters. The number of amides is 1. The molecule has 0 bridgehead atoms. The summed E-state index contributed by atoms with van der Waals surface area (Å²) in [6, 6.07) is 11.7. The number of carbonyl (C=O) groups excluding carboxylic acids is 1. The van der Waals surface area contributed by atoms with Crippen molar-refractivity contribution in [3.8, 4) is 5.75 Å². The summed E-state index contributed by atoms with van der Waals surface area (Å²) in [6.07, 6.45) is 2.16. The van der Waals surface area contributed by atoms with Gasteiger partial charge in [0.15, 0.2) is 5.11 Å². The fraction of sp³-hybridized carbons (Fsp3) is 0.300. The monoisotopic (exact) mass is 405 g/mol. The third-order valence-electron chi connectivity index (χ3n) is 4.24. The Morgan fingerprint density at radius 1 is 1.29 bits per heavy atom. The number of rotatable bonds is 2. The van der Waals surface area contributed by atoms with Crippen molar-refractivity contribution in [1.29, 1.82) is 0 Å². The molecule has 1 aliphatic heterocycles. The first-order valence-electron chi connectivity index (χ1n) is 8.75. The van der Waals surface area contributed by atoms with Gasteiger partial charge in [-0.2, -0.15) is 0 Å². The number of hydrogen-bond donors (Lipinski definition) is 2. The van der Waals surface area contributed by atoms with Crippen LogP contribution in [-0.4, -0.2) is 42.5 Å². The number of thiocarbonyl (C=S) groups is 1. The van der Waals surface area contributed by atoms with Gasteiger partial charge in [0.05, 0.1) is 18.5 Å². The molecule has 0 radical (unpaired) electrons. The van der Waals surface area contributed by atoms with Gasteiger partial charge in [0.1, 0.15) is 11.6 Å². The summed E-state index contributed by atoms with van der Waals surface area (Å²) >= 11 is 5.04. The van der Waals surface area contributed by atoms with Crippen LogP contribution >= 0.6 is 12.2 Å². The van der Waals surface area contributed by atoms with Crippen LogP contribution in [0.25, 0.3) is 0 Å². The summed E-state index contributed by atoms with van der Waals surface area (Å²) in [7, 11) is 4.76. The van der Waals surface area contributed by atoms with Gasteiger partial charge in [0.25, 0.3) is 0 Å². The highest BCUT2D eigenvalue weighted by Gasteiger charge is 2.21. The zero-order valence-corrected chi connectivity index (χ0v) is 16.9. The van der Waals surface area contributed by atoms with Crippen LogP contribution in [0.2, 0.25) is 0 Å². The number of nitrogens with one attached hydrogen (secondary N) is 1. The van der Waals surface area contributed by atoms with Crippen molar-refractivity contribution in [2.45, 2.75) is 19.3 Å². The number of aryl methyl sites for hydroxylation is 1. The van der Waals surface area contributed by atoms with Gasteiger partial charge in [0.2, 0.25) is 5.91 Å². The minimum atomic E-state index is -0.178. The topological polar surface area (TPSA) is 65.0 Å². The maximum atomic E-state index is 11.9. The predicted octanol–water partition coefficient (Wildman–Crippen LogP) is 3.84. The van der Waals surface area contributed by atoms with Crippen LogP contribution in [0.1, 0.15) is 18.4 Å². The van der Waals surface area contributed by atoms with E-state index in [2.05, 4.69) is 5.32 Å². The van der Waals surface area contributed by atoms with E-state index < -0.39 is 0 Å². The molecule has 0 fully saturated rings. The lowest BCUT2D eigenvalue weighted by molar-refractivity contribution is -0.118.